The number of phenolic OH excluding ortho intramolecular Hbond substituents is 1. The van der Waals surface area contributed by atoms with Gasteiger partial charge in [-0.15, -0.1) is 0 Å². The zero-order valence-electron chi connectivity index (χ0n) is 8.61. The van der Waals surface area contributed by atoms with E-state index in [0.717, 1.165) is 0 Å². The third-order valence-corrected chi connectivity index (χ3v) is 3.71. The minimum absolute atomic E-state index is 0.0697. The predicted octanol–water partition coefficient (Wildman–Crippen LogP) is 3.26. The second-order valence-corrected chi connectivity index (χ2v) is 4.78. The van der Waals surface area contributed by atoms with Gasteiger partial charge in [-0.1, -0.05) is 12.1 Å². The minimum Gasteiger partial charge on any atom is -0.507 e. The van der Waals surface area contributed by atoms with E-state index in [9.17, 15) is 9.90 Å². The summed E-state index contributed by atoms with van der Waals surface area (Å²) < 4.78 is 6.23. The first-order chi connectivity index (χ1) is 8.18. The number of phenols is 1. The normalized spacial score (nSPS) is 11.1. The minimum atomic E-state index is -0.0697. The maximum atomic E-state index is 12.2. The van der Waals surface area contributed by atoms with Crippen LogP contribution < -0.4 is 5.43 Å². The number of hydrogen-bond acceptors (Lipinski definition) is 3. The Morgan fingerprint density at radius 3 is 2.65 bits per heavy atom. The number of fused-ring (bicyclic) bond motifs is 2. The molecule has 17 heavy (non-hydrogen) atoms. The molecular weight excluding hydrogens is 331 g/mol. The van der Waals surface area contributed by atoms with Gasteiger partial charge in [-0.2, -0.15) is 0 Å². The fourth-order valence-corrected chi connectivity index (χ4v) is 2.40. The van der Waals surface area contributed by atoms with Gasteiger partial charge in [0.2, 0.25) is 5.43 Å². The maximum Gasteiger partial charge on any atom is 0.200 e. The van der Waals surface area contributed by atoms with Crippen LogP contribution in [-0.2, 0) is 0 Å². The fraction of sp³-hybridized carbons (Fsp3) is 0. The molecule has 0 radical (unpaired) electrons. The van der Waals surface area contributed by atoms with E-state index in [2.05, 4.69) is 0 Å². The van der Waals surface area contributed by atoms with Crippen molar-refractivity contribution < 1.29 is 9.52 Å². The molecule has 3 aromatic rings. The first-order valence-electron chi connectivity index (χ1n) is 5.01. The molecule has 0 aliphatic rings. The highest BCUT2D eigenvalue weighted by atomic mass is 127. The summed E-state index contributed by atoms with van der Waals surface area (Å²) in [6.07, 6.45) is 0. The molecule has 0 aliphatic carbocycles. The number of hydrogen-bond donors (Lipinski definition) is 1. The molecule has 2 aromatic carbocycles. The monoisotopic (exact) mass is 338 g/mol. The molecule has 1 N–H and O–H groups in total. The third-order valence-electron chi connectivity index (χ3n) is 2.67. The van der Waals surface area contributed by atoms with E-state index in [1.807, 2.05) is 28.7 Å². The van der Waals surface area contributed by atoms with Crippen molar-refractivity contribution >= 4 is 44.5 Å². The summed E-state index contributed by atoms with van der Waals surface area (Å²) in [5.74, 6) is 0.122. The Hall–Kier alpha value is -1.56. The quantitative estimate of drug-likeness (QED) is 0.506. The van der Waals surface area contributed by atoms with Gasteiger partial charge in [0.25, 0.3) is 0 Å². The lowest BCUT2D eigenvalue weighted by atomic mass is 10.1. The molecule has 0 aliphatic heterocycles. The summed E-state index contributed by atoms with van der Waals surface area (Å²) in [5, 5.41) is 10.7. The van der Waals surface area contributed by atoms with Crippen LogP contribution in [0.5, 0.6) is 5.75 Å². The molecule has 0 saturated heterocycles. The fourth-order valence-electron chi connectivity index (χ4n) is 1.82. The molecule has 0 fully saturated rings. The van der Waals surface area contributed by atoms with Crippen LogP contribution in [0.25, 0.3) is 21.9 Å². The summed E-state index contributed by atoms with van der Waals surface area (Å²) in [7, 11) is 0. The van der Waals surface area contributed by atoms with E-state index in [0.29, 0.717) is 25.5 Å². The molecule has 3 nitrogen and oxygen atoms in total. The molecule has 1 heterocycles. The summed E-state index contributed by atoms with van der Waals surface area (Å²) in [5.41, 5.74) is 0.905. The predicted molar refractivity (Wildman–Crippen MR) is 74.4 cm³/mol. The van der Waals surface area contributed by atoms with Crippen molar-refractivity contribution in [1.82, 2.24) is 0 Å². The second kappa shape index (κ2) is 3.73. The van der Waals surface area contributed by atoms with Crippen LogP contribution in [0.15, 0.2) is 45.6 Å². The zero-order valence-corrected chi connectivity index (χ0v) is 10.8. The molecule has 84 valence electrons. The van der Waals surface area contributed by atoms with E-state index in [1.54, 1.807) is 24.3 Å². The van der Waals surface area contributed by atoms with Gasteiger partial charge in [-0.05, 0) is 46.9 Å². The number of aromatic hydroxyl groups is 1. The highest BCUT2D eigenvalue weighted by Gasteiger charge is 2.11. The average molecular weight is 338 g/mol. The molecule has 1 aromatic heterocycles. The SMILES string of the molecule is O=c1c2ccccc2oc2c(I)c(O)ccc12. The lowest BCUT2D eigenvalue weighted by Crippen LogP contribution is -2.02. The molecule has 3 rings (SSSR count). The van der Waals surface area contributed by atoms with Crippen molar-refractivity contribution in [2.24, 2.45) is 0 Å². The highest BCUT2D eigenvalue weighted by molar-refractivity contribution is 14.1. The van der Waals surface area contributed by atoms with Gasteiger partial charge in [0, 0.05) is 0 Å². The maximum absolute atomic E-state index is 12.2. The molecule has 4 heteroatoms. The van der Waals surface area contributed by atoms with Gasteiger partial charge < -0.3 is 9.52 Å². The summed E-state index contributed by atoms with van der Waals surface area (Å²) >= 11 is 1.97. The number of halogens is 1. The Bertz CT molecular complexity index is 790. The molecule has 0 bridgehead atoms. The number of rotatable bonds is 0. The van der Waals surface area contributed by atoms with E-state index >= 15 is 0 Å². The Balaban J connectivity index is 2.64. The summed E-state index contributed by atoms with van der Waals surface area (Å²) in [6.45, 7) is 0. The highest BCUT2D eigenvalue weighted by Crippen LogP contribution is 2.29. The Morgan fingerprint density at radius 2 is 1.82 bits per heavy atom. The molecular formula is C13H7IO3. The first kappa shape index (κ1) is 10.6. The van der Waals surface area contributed by atoms with E-state index < -0.39 is 0 Å². The average Bonchev–Trinajstić information content (AvgIpc) is 2.35. The summed E-state index contributed by atoms with van der Waals surface area (Å²) in [6, 6.07) is 10.2. The van der Waals surface area contributed by atoms with E-state index in [-0.39, 0.29) is 11.2 Å². The largest absolute Gasteiger partial charge is 0.507 e. The lowest BCUT2D eigenvalue weighted by molar-refractivity contribution is 0.470. The molecule has 0 amide bonds. The van der Waals surface area contributed by atoms with Gasteiger partial charge in [-0.25, -0.2) is 0 Å². The van der Waals surface area contributed by atoms with Crippen molar-refractivity contribution in [3.05, 3.63) is 50.2 Å². The Labute approximate surface area is 110 Å². The van der Waals surface area contributed by atoms with Crippen molar-refractivity contribution in [2.75, 3.05) is 0 Å². The molecule has 0 spiro atoms. The van der Waals surface area contributed by atoms with Crippen LogP contribution in [0, 0.1) is 3.57 Å². The molecule has 0 unspecified atom stereocenters. The number of benzene rings is 2. The van der Waals surface area contributed by atoms with Crippen molar-refractivity contribution in [2.45, 2.75) is 0 Å². The van der Waals surface area contributed by atoms with Crippen molar-refractivity contribution in [3.8, 4) is 5.75 Å². The van der Waals surface area contributed by atoms with Gasteiger partial charge in [0.1, 0.15) is 11.3 Å². The summed E-state index contributed by atoms with van der Waals surface area (Å²) in [4.78, 5) is 12.2. The van der Waals surface area contributed by atoms with E-state index in [4.69, 9.17) is 4.42 Å². The van der Waals surface area contributed by atoms with Crippen LogP contribution >= 0.6 is 22.6 Å². The number of para-hydroxylation sites is 1. The molecule has 0 atom stereocenters. The van der Waals surface area contributed by atoms with Crippen LogP contribution in [0.3, 0.4) is 0 Å². The first-order valence-corrected chi connectivity index (χ1v) is 6.09. The van der Waals surface area contributed by atoms with Crippen LogP contribution in [0.2, 0.25) is 0 Å². The standard InChI is InChI=1S/C13H7IO3/c14-11-9(15)6-5-8-12(16)7-3-1-2-4-10(7)17-13(8)11/h1-6,15H. The Morgan fingerprint density at radius 1 is 1.06 bits per heavy atom. The lowest BCUT2D eigenvalue weighted by Gasteiger charge is -2.04. The third kappa shape index (κ3) is 1.51. The topological polar surface area (TPSA) is 50.4 Å². The van der Waals surface area contributed by atoms with Gasteiger partial charge >= 0.3 is 0 Å². The molecule has 0 saturated carbocycles. The van der Waals surface area contributed by atoms with Gasteiger partial charge in [-0.3, -0.25) is 4.79 Å². The van der Waals surface area contributed by atoms with Gasteiger partial charge in [0.15, 0.2) is 5.58 Å². The van der Waals surface area contributed by atoms with Crippen LogP contribution in [-0.4, -0.2) is 5.11 Å². The van der Waals surface area contributed by atoms with E-state index in [1.165, 1.54) is 6.07 Å². The smallest absolute Gasteiger partial charge is 0.200 e. The van der Waals surface area contributed by atoms with Crippen LogP contribution in [0.1, 0.15) is 0 Å². The van der Waals surface area contributed by atoms with Crippen LogP contribution in [0.4, 0.5) is 0 Å². The zero-order chi connectivity index (χ0) is 12.0. The Kier molecular flexibility index (Phi) is 2.32. The van der Waals surface area contributed by atoms with Crippen molar-refractivity contribution in [1.29, 1.82) is 0 Å². The second-order valence-electron chi connectivity index (χ2n) is 3.70. The van der Waals surface area contributed by atoms with Gasteiger partial charge in [0.05, 0.1) is 14.3 Å². The van der Waals surface area contributed by atoms with Crippen molar-refractivity contribution in [3.63, 3.8) is 0 Å².